The van der Waals surface area contributed by atoms with Crippen LogP contribution in [0.3, 0.4) is 0 Å². The van der Waals surface area contributed by atoms with Gasteiger partial charge in [-0.05, 0) is 37.3 Å². The summed E-state index contributed by atoms with van der Waals surface area (Å²) in [6.07, 6.45) is 0. The Kier molecular flexibility index (Phi) is 5.92. The first-order valence-electron chi connectivity index (χ1n) is 7.53. The predicted octanol–water partition coefficient (Wildman–Crippen LogP) is 2.74. The Labute approximate surface area is 145 Å². The third-order valence-corrected chi connectivity index (χ3v) is 4.08. The van der Waals surface area contributed by atoms with Gasteiger partial charge in [0.2, 0.25) is 11.8 Å². The van der Waals surface area contributed by atoms with Crippen molar-refractivity contribution < 1.29 is 9.59 Å². The molecule has 24 heavy (non-hydrogen) atoms. The average molecular weight is 344 g/mol. The van der Waals surface area contributed by atoms with Gasteiger partial charge in [0.1, 0.15) is 10.9 Å². The molecule has 0 spiro atoms. The normalized spacial score (nSPS) is 10.7. The molecule has 2 amide bonds. The van der Waals surface area contributed by atoms with E-state index in [-0.39, 0.29) is 17.6 Å². The molecule has 6 nitrogen and oxygen atoms in total. The highest BCUT2D eigenvalue weighted by atomic mass is 32.2. The van der Waals surface area contributed by atoms with Crippen LogP contribution in [0.25, 0.3) is 0 Å². The Balaban J connectivity index is 1.94. The van der Waals surface area contributed by atoms with E-state index in [0.29, 0.717) is 11.3 Å². The molecule has 7 heteroatoms. The quantitative estimate of drug-likeness (QED) is 0.620. The fourth-order valence-electron chi connectivity index (χ4n) is 1.95. The van der Waals surface area contributed by atoms with Crippen LogP contribution in [0.4, 0.5) is 5.69 Å². The number of hydrogen-bond donors (Lipinski definition) is 2. The zero-order valence-corrected chi connectivity index (χ0v) is 14.7. The number of primary amides is 1. The lowest BCUT2D eigenvalue weighted by Crippen LogP contribution is -2.15. The van der Waals surface area contributed by atoms with Gasteiger partial charge in [-0.25, -0.2) is 9.97 Å². The molecular weight excluding hydrogens is 324 g/mol. The molecule has 1 aromatic heterocycles. The van der Waals surface area contributed by atoms with Gasteiger partial charge in [0.15, 0.2) is 0 Å². The Morgan fingerprint density at radius 1 is 1.21 bits per heavy atom. The van der Waals surface area contributed by atoms with Crippen molar-refractivity contribution in [1.29, 1.82) is 0 Å². The first-order valence-corrected chi connectivity index (χ1v) is 8.52. The summed E-state index contributed by atoms with van der Waals surface area (Å²) in [6.45, 7) is 5.98. The molecule has 126 valence electrons. The lowest BCUT2D eigenvalue weighted by molar-refractivity contribution is -0.113. The highest BCUT2D eigenvalue weighted by Crippen LogP contribution is 2.20. The van der Waals surface area contributed by atoms with Crippen molar-refractivity contribution in [3.8, 4) is 0 Å². The number of hydrogen-bond acceptors (Lipinski definition) is 5. The van der Waals surface area contributed by atoms with Crippen molar-refractivity contribution in [2.75, 3.05) is 11.1 Å². The molecule has 0 unspecified atom stereocenters. The van der Waals surface area contributed by atoms with Crippen molar-refractivity contribution in [3.05, 3.63) is 47.4 Å². The molecule has 0 aliphatic heterocycles. The molecule has 0 saturated heterocycles. The fourth-order valence-corrected chi connectivity index (χ4v) is 2.71. The predicted molar refractivity (Wildman–Crippen MR) is 95.2 cm³/mol. The van der Waals surface area contributed by atoms with E-state index in [0.717, 1.165) is 16.5 Å². The zero-order chi connectivity index (χ0) is 17.7. The largest absolute Gasteiger partial charge is 0.366 e. The Bertz CT molecular complexity index is 745. The second-order valence-electron chi connectivity index (χ2n) is 5.64. The summed E-state index contributed by atoms with van der Waals surface area (Å²) in [5, 5.41) is 3.56. The maximum Gasteiger partial charge on any atom is 0.248 e. The van der Waals surface area contributed by atoms with E-state index in [1.54, 1.807) is 24.3 Å². The number of anilines is 1. The maximum absolute atomic E-state index is 12.0. The minimum absolute atomic E-state index is 0.144. The molecule has 1 aromatic carbocycles. The highest BCUT2D eigenvalue weighted by Gasteiger charge is 2.09. The number of amides is 2. The van der Waals surface area contributed by atoms with Crippen molar-refractivity contribution >= 4 is 29.3 Å². The molecule has 0 atom stereocenters. The summed E-state index contributed by atoms with van der Waals surface area (Å²) in [5.74, 6) is 0.616. The van der Waals surface area contributed by atoms with Crippen LogP contribution in [-0.4, -0.2) is 27.5 Å². The van der Waals surface area contributed by atoms with E-state index in [1.807, 2.05) is 26.8 Å². The summed E-state index contributed by atoms with van der Waals surface area (Å²) in [5.41, 5.74) is 7.09. The Morgan fingerprint density at radius 3 is 2.46 bits per heavy atom. The van der Waals surface area contributed by atoms with Crippen molar-refractivity contribution in [2.24, 2.45) is 5.73 Å². The van der Waals surface area contributed by atoms with Gasteiger partial charge >= 0.3 is 0 Å². The molecule has 1 heterocycles. The Morgan fingerprint density at radius 2 is 1.88 bits per heavy atom. The van der Waals surface area contributed by atoms with Crippen molar-refractivity contribution in [2.45, 2.75) is 31.7 Å². The van der Waals surface area contributed by atoms with Gasteiger partial charge in [-0.1, -0.05) is 25.6 Å². The zero-order valence-electron chi connectivity index (χ0n) is 13.9. The number of thioether (sulfide) groups is 1. The van der Waals surface area contributed by atoms with Crippen LogP contribution >= 0.6 is 11.8 Å². The number of aryl methyl sites for hydroxylation is 1. The first-order chi connectivity index (χ1) is 11.3. The van der Waals surface area contributed by atoms with Crippen LogP contribution in [0.5, 0.6) is 0 Å². The molecule has 3 N–H and O–H groups in total. The number of nitrogens with one attached hydrogen (secondary N) is 1. The van der Waals surface area contributed by atoms with E-state index in [4.69, 9.17) is 5.73 Å². The number of nitrogens with zero attached hydrogens (tertiary/aromatic N) is 2. The monoisotopic (exact) mass is 344 g/mol. The van der Waals surface area contributed by atoms with Gasteiger partial charge in [-0.15, -0.1) is 0 Å². The molecule has 0 aliphatic rings. The van der Waals surface area contributed by atoms with Crippen LogP contribution < -0.4 is 11.1 Å². The number of rotatable bonds is 6. The van der Waals surface area contributed by atoms with Gasteiger partial charge in [0.05, 0.1) is 5.75 Å². The van der Waals surface area contributed by atoms with Crippen LogP contribution in [-0.2, 0) is 4.79 Å². The van der Waals surface area contributed by atoms with Crippen LogP contribution in [0, 0.1) is 6.92 Å². The number of benzene rings is 1. The number of carbonyl (C=O) groups excluding carboxylic acids is 2. The maximum atomic E-state index is 12.0. The summed E-state index contributed by atoms with van der Waals surface area (Å²) in [6, 6.07) is 8.32. The van der Waals surface area contributed by atoms with Crippen molar-refractivity contribution in [3.63, 3.8) is 0 Å². The molecule has 0 fully saturated rings. The molecule has 0 aliphatic carbocycles. The van der Waals surface area contributed by atoms with Gasteiger partial charge in [0, 0.05) is 22.9 Å². The van der Waals surface area contributed by atoms with Gasteiger partial charge in [-0.3, -0.25) is 9.59 Å². The number of nitrogens with two attached hydrogens (primary N) is 1. The minimum atomic E-state index is -0.497. The summed E-state index contributed by atoms with van der Waals surface area (Å²) < 4.78 is 0. The van der Waals surface area contributed by atoms with Gasteiger partial charge < -0.3 is 11.1 Å². The van der Waals surface area contributed by atoms with Gasteiger partial charge in [0.25, 0.3) is 0 Å². The van der Waals surface area contributed by atoms with Crippen LogP contribution in [0.2, 0.25) is 0 Å². The van der Waals surface area contributed by atoms with E-state index in [2.05, 4.69) is 15.3 Å². The summed E-state index contributed by atoms with van der Waals surface area (Å²) in [4.78, 5) is 31.9. The number of aromatic nitrogens is 2. The Hall–Kier alpha value is -2.41. The molecule has 0 radical (unpaired) electrons. The highest BCUT2D eigenvalue weighted by molar-refractivity contribution is 7.99. The topological polar surface area (TPSA) is 98.0 Å². The van der Waals surface area contributed by atoms with Crippen molar-refractivity contribution in [1.82, 2.24) is 9.97 Å². The van der Waals surface area contributed by atoms with Gasteiger partial charge in [-0.2, -0.15) is 0 Å². The number of carbonyl (C=O) groups is 2. The summed E-state index contributed by atoms with van der Waals surface area (Å²) >= 11 is 1.36. The summed E-state index contributed by atoms with van der Waals surface area (Å²) in [7, 11) is 0. The van der Waals surface area contributed by atoms with Crippen LogP contribution in [0.15, 0.2) is 35.4 Å². The van der Waals surface area contributed by atoms with Crippen LogP contribution in [0.1, 0.15) is 41.6 Å². The smallest absolute Gasteiger partial charge is 0.248 e. The molecule has 2 rings (SSSR count). The average Bonchev–Trinajstić information content (AvgIpc) is 2.53. The minimum Gasteiger partial charge on any atom is -0.366 e. The first kappa shape index (κ1) is 17.9. The lowest BCUT2D eigenvalue weighted by atomic mass is 10.2. The molecule has 2 aromatic rings. The standard InChI is InChI=1S/C17H20N4O2S/c1-10(2)17-19-11(3)8-15(21-17)24-9-14(22)20-13-6-4-12(5-7-13)16(18)23/h4-8,10H,9H2,1-3H3,(H2,18,23)(H,20,22). The van der Waals surface area contributed by atoms with E-state index in [9.17, 15) is 9.59 Å². The molecular formula is C17H20N4O2S. The SMILES string of the molecule is Cc1cc(SCC(=O)Nc2ccc(C(N)=O)cc2)nc(C(C)C)n1. The lowest BCUT2D eigenvalue weighted by Gasteiger charge is -2.08. The fraction of sp³-hybridized carbons (Fsp3) is 0.294. The molecule has 0 bridgehead atoms. The van der Waals surface area contributed by atoms with E-state index < -0.39 is 5.91 Å². The molecule has 0 saturated carbocycles. The third-order valence-electron chi connectivity index (χ3n) is 3.17. The second-order valence-corrected chi connectivity index (χ2v) is 6.63. The van der Waals surface area contributed by atoms with E-state index in [1.165, 1.54) is 11.8 Å². The second kappa shape index (κ2) is 7.92. The van der Waals surface area contributed by atoms with E-state index >= 15 is 0 Å². The third kappa shape index (κ3) is 5.06.